The van der Waals surface area contributed by atoms with Gasteiger partial charge in [0, 0.05) is 53.6 Å². The molecule has 162 valence electrons. The average Bonchev–Trinajstić information content (AvgIpc) is 3.07. The van der Waals surface area contributed by atoms with Gasteiger partial charge in [-0.25, -0.2) is 0 Å². The summed E-state index contributed by atoms with van der Waals surface area (Å²) >= 11 is 0. The van der Waals surface area contributed by atoms with Gasteiger partial charge in [0.25, 0.3) is 0 Å². The number of nitrogens with zero attached hydrogens (tertiary/aromatic N) is 4. The Kier molecular flexibility index (Phi) is 5.54. The highest BCUT2D eigenvalue weighted by Gasteiger charge is 2.29. The maximum atomic E-state index is 11.7. The quantitative estimate of drug-likeness (QED) is 0.435. The van der Waals surface area contributed by atoms with Crippen LogP contribution in [0.15, 0.2) is 42.6 Å². The molecule has 3 aromatic rings. The fourth-order valence-electron chi connectivity index (χ4n) is 4.14. The normalized spacial score (nSPS) is 12.9. The lowest BCUT2D eigenvalue weighted by molar-refractivity contribution is -0.385. The van der Waals surface area contributed by atoms with E-state index >= 15 is 0 Å². The highest BCUT2D eigenvalue weighted by molar-refractivity contribution is 5.85. The van der Waals surface area contributed by atoms with Gasteiger partial charge < -0.3 is 14.4 Å². The van der Waals surface area contributed by atoms with Gasteiger partial charge >= 0.3 is 5.69 Å². The van der Waals surface area contributed by atoms with E-state index in [4.69, 9.17) is 9.47 Å². The van der Waals surface area contributed by atoms with Gasteiger partial charge in [-0.2, -0.15) is 5.10 Å². The van der Waals surface area contributed by atoms with Crippen LogP contribution >= 0.6 is 0 Å². The molecule has 31 heavy (non-hydrogen) atoms. The molecule has 0 unspecified atom stereocenters. The molecule has 1 aliphatic heterocycles. The molecule has 0 fully saturated rings. The number of benzene rings is 2. The summed E-state index contributed by atoms with van der Waals surface area (Å²) in [4.78, 5) is 13.5. The van der Waals surface area contributed by atoms with Crippen molar-refractivity contribution in [1.82, 2.24) is 9.78 Å². The second-order valence-corrected chi connectivity index (χ2v) is 7.85. The molecule has 8 heteroatoms. The number of hydrogen-bond acceptors (Lipinski definition) is 6. The van der Waals surface area contributed by atoms with Crippen molar-refractivity contribution >= 4 is 11.4 Å². The second kappa shape index (κ2) is 8.29. The Morgan fingerprint density at radius 2 is 1.87 bits per heavy atom. The molecule has 0 saturated carbocycles. The van der Waals surface area contributed by atoms with Gasteiger partial charge in [0.2, 0.25) is 0 Å². The van der Waals surface area contributed by atoms with E-state index in [1.807, 2.05) is 35.1 Å². The van der Waals surface area contributed by atoms with Crippen molar-refractivity contribution in [1.29, 1.82) is 0 Å². The average molecular weight is 422 g/mol. The molecule has 0 spiro atoms. The number of hydrogen-bond donors (Lipinski definition) is 0. The molecule has 0 bridgehead atoms. The van der Waals surface area contributed by atoms with Crippen molar-refractivity contribution in [2.45, 2.75) is 32.9 Å². The van der Waals surface area contributed by atoms with Crippen LogP contribution in [-0.4, -0.2) is 41.5 Å². The molecule has 1 aromatic heterocycles. The number of nitro groups is 1. The highest BCUT2D eigenvalue weighted by Crippen LogP contribution is 2.43. The molecular weight excluding hydrogens is 396 g/mol. The van der Waals surface area contributed by atoms with Crippen LogP contribution in [0, 0.1) is 10.1 Å². The van der Waals surface area contributed by atoms with Gasteiger partial charge in [0.1, 0.15) is 5.75 Å². The number of nitro benzene ring substituents is 1. The molecule has 0 aliphatic carbocycles. The van der Waals surface area contributed by atoms with Gasteiger partial charge in [-0.1, -0.05) is 12.1 Å². The topological polar surface area (TPSA) is 82.7 Å². The fourth-order valence-corrected chi connectivity index (χ4v) is 4.14. The molecule has 0 atom stereocenters. The fraction of sp³-hybridized carbons (Fsp3) is 0.348. The lowest BCUT2D eigenvalue weighted by Gasteiger charge is -2.29. The number of fused-ring (bicyclic) bond motifs is 3. The van der Waals surface area contributed by atoms with Gasteiger partial charge in [-0.05, 0) is 31.5 Å². The molecule has 0 radical (unpaired) electrons. The van der Waals surface area contributed by atoms with Crippen molar-refractivity contribution in [3.05, 3.63) is 64.0 Å². The summed E-state index contributed by atoms with van der Waals surface area (Å²) in [7, 11) is 3.11. The van der Waals surface area contributed by atoms with Crippen LogP contribution in [0.2, 0.25) is 0 Å². The zero-order valence-electron chi connectivity index (χ0n) is 18.2. The third-order valence-corrected chi connectivity index (χ3v) is 5.75. The molecule has 8 nitrogen and oxygen atoms in total. The van der Waals surface area contributed by atoms with Crippen LogP contribution in [0.5, 0.6) is 11.5 Å². The van der Waals surface area contributed by atoms with Crippen LogP contribution in [-0.2, 0) is 13.0 Å². The van der Waals surface area contributed by atoms with E-state index in [1.54, 1.807) is 19.2 Å². The summed E-state index contributed by atoms with van der Waals surface area (Å²) in [6.07, 6.45) is 2.60. The van der Waals surface area contributed by atoms with E-state index in [0.717, 1.165) is 46.8 Å². The van der Waals surface area contributed by atoms with E-state index in [0.29, 0.717) is 6.54 Å². The van der Waals surface area contributed by atoms with Crippen LogP contribution in [0.3, 0.4) is 0 Å². The Hall–Kier alpha value is -3.55. The van der Waals surface area contributed by atoms with Gasteiger partial charge in [-0.15, -0.1) is 0 Å². The summed E-state index contributed by atoms with van der Waals surface area (Å²) in [6, 6.07) is 11.5. The van der Waals surface area contributed by atoms with Crippen molar-refractivity contribution in [3.8, 4) is 22.6 Å². The highest BCUT2D eigenvalue weighted by atomic mass is 16.6. The minimum atomic E-state index is -0.398. The van der Waals surface area contributed by atoms with E-state index in [-0.39, 0.29) is 17.5 Å². The number of rotatable bonds is 6. The number of methoxy groups -OCH3 is 2. The summed E-state index contributed by atoms with van der Waals surface area (Å²) in [5.74, 6) is 1.08. The second-order valence-electron chi connectivity index (χ2n) is 7.85. The monoisotopic (exact) mass is 422 g/mol. The number of ether oxygens (including phenoxy) is 2. The number of aromatic nitrogens is 2. The van der Waals surface area contributed by atoms with Gasteiger partial charge in [0.05, 0.1) is 31.9 Å². The lowest BCUT2D eigenvalue weighted by Crippen LogP contribution is -2.32. The molecule has 4 rings (SSSR count). The van der Waals surface area contributed by atoms with Gasteiger partial charge in [0.15, 0.2) is 5.75 Å². The molecular formula is C23H26N4O4. The predicted molar refractivity (Wildman–Crippen MR) is 119 cm³/mol. The first-order chi connectivity index (χ1) is 14.9. The zero-order valence-corrected chi connectivity index (χ0v) is 18.2. The van der Waals surface area contributed by atoms with E-state index in [2.05, 4.69) is 23.8 Å². The minimum Gasteiger partial charge on any atom is -0.497 e. The number of anilines is 1. The Labute approximate surface area is 181 Å². The molecule has 0 N–H and O–H groups in total. The summed E-state index contributed by atoms with van der Waals surface area (Å²) in [6.45, 7) is 5.65. The van der Waals surface area contributed by atoms with E-state index in [1.165, 1.54) is 7.11 Å². The van der Waals surface area contributed by atoms with Crippen LogP contribution in [0.4, 0.5) is 11.4 Å². The standard InChI is InChI=1S/C23H26N4O4/c1-15(2)25-10-9-20-19(18-11-22(27(28)29)23(31-4)12-21(18)25)13-24-26(20)14-16-5-7-17(30-3)8-6-16/h5-8,11-13,15H,9-10,14H2,1-4H3. The third-order valence-electron chi connectivity index (χ3n) is 5.75. The van der Waals surface area contributed by atoms with Crippen molar-refractivity contribution in [2.24, 2.45) is 0 Å². The lowest BCUT2D eigenvalue weighted by atomic mass is 10.0. The Bertz CT molecular complexity index is 1110. The first-order valence-corrected chi connectivity index (χ1v) is 10.2. The Balaban J connectivity index is 1.81. The molecule has 2 aromatic carbocycles. The minimum absolute atomic E-state index is 0.0410. The third kappa shape index (κ3) is 3.81. The van der Waals surface area contributed by atoms with Crippen LogP contribution in [0.1, 0.15) is 25.1 Å². The zero-order chi connectivity index (χ0) is 22.1. The maximum Gasteiger partial charge on any atom is 0.311 e. The maximum absolute atomic E-state index is 11.7. The Morgan fingerprint density at radius 1 is 1.13 bits per heavy atom. The first kappa shape index (κ1) is 20.7. The molecule has 0 amide bonds. The van der Waals surface area contributed by atoms with Crippen molar-refractivity contribution < 1.29 is 14.4 Å². The molecule has 1 aliphatic rings. The predicted octanol–water partition coefficient (Wildman–Crippen LogP) is 4.29. The summed E-state index contributed by atoms with van der Waals surface area (Å²) in [5, 5.41) is 16.3. The van der Waals surface area contributed by atoms with Crippen molar-refractivity contribution in [2.75, 3.05) is 25.7 Å². The summed E-state index contributed by atoms with van der Waals surface area (Å²) < 4.78 is 12.6. The largest absolute Gasteiger partial charge is 0.497 e. The van der Waals surface area contributed by atoms with Crippen molar-refractivity contribution in [3.63, 3.8) is 0 Å². The first-order valence-electron chi connectivity index (χ1n) is 10.2. The van der Waals surface area contributed by atoms with Crippen LogP contribution in [0.25, 0.3) is 11.1 Å². The van der Waals surface area contributed by atoms with Gasteiger partial charge in [-0.3, -0.25) is 14.8 Å². The summed E-state index contributed by atoms with van der Waals surface area (Å²) in [5.41, 5.74) is 4.81. The SMILES string of the molecule is COc1ccc(Cn2ncc3c2CCN(C(C)C)c2cc(OC)c([N+](=O)[O-])cc2-3)cc1. The smallest absolute Gasteiger partial charge is 0.311 e. The van der Waals surface area contributed by atoms with Crippen LogP contribution < -0.4 is 14.4 Å². The molecule has 0 saturated heterocycles. The van der Waals surface area contributed by atoms with E-state index < -0.39 is 4.92 Å². The van der Waals surface area contributed by atoms with E-state index in [9.17, 15) is 10.1 Å². The Morgan fingerprint density at radius 3 is 2.48 bits per heavy atom. The molecule has 2 heterocycles.